The van der Waals surface area contributed by atoms with E-state index >= 15 is 0 Å². The first kappa shape index (κ1) is 14.7. The van der Waals surface area contributed by atoms with Gasteiger partial charge in [0, 0.05) is 32.2 Å². The van der Waals surface area contributed by atoms with Gasteiger partial charge >= 0.3 is 6.18 Å². The molecule has 1 aliphatic heterocycles. The highest BCUT2D eigenvalue weighted by molar-refractivity contribution is 7.80. The molecule has 0 aliphatic carbocycles. The Labute approximate surface area is 105 Å². The molecule has 17 heavy (non-hydrogen) atoms. The van der Waals surface area contributed by atoms with Crippen LogP contribution in [0.15, 0.2) is 0 Å². The van der Waals surface area contributed by atoms with Crippen molar-refractivity contribution >= 4 is 17.2 Å². The molecule has 3 nitrogen and oxygen atoms in total. The Hall–Kier alpha value is -0.400. The molecular formula is C10H18F3N3S. The molecule has 0 saturated carbocycles. The van der Waals surface area contributed by atoms with Crippen LogP contribution in [0.4, 0.5) is 13.2 Å². The molecule has 0 radical (unpaired) electrons. The lowest BCUT2D eigenvalue weighted by Gasteiger charge is -2.39. The molecule has 2 unspecified atom stereocenters. The van der Waals surface area contributed by atoms with Gasteiger partial charge in [-0.2, -0.15) is 13.2 Å². The number of nitrogens with two attached hydrogens (primary N) is 1. The van der Waals surface area contributed by atoms with E-state index in [0.717, 1.165) is 6.54 Å². The smallest absolute Gasteiger partial charge is 0.393 e. The third-order valence-electron chi connectivity index (χ3n) is 3.22. The van der Waals surface area contributed by atoms with E-state index in [0.29, 0.717) is 13.1 Å². The third kappa shape index (κ3) is 4.08. The van der Waals surface area contributed by atoms with Crippen LogP contribution in [0.2, 0.25) is 0 Å². The third-order valence-corrected chi connectivity index (χ3v) is 3.51. The number of rotatable bonds is 3. The zero-order chi connectivity index (χ0) is 13.2. The van der Waals surface area contributed by atoms with Gasteiger partial charge in [0.2, 0.25) is 0 Å². The zero-order valence-corrected chi connectivity index (χ0v) is 10.8. The number of piperazine rings is 1. The van der Waals surface area contributed by atoms with Crippen molar-refractivity contribution in [3.05, 3.63) is 0 Å². The van der Waals surface area contributed by atoms with Crippen LogP contribution in [0, 0.1) is 5.92 Å². The van der Waals surface area contributed by atoms with Gasteiger partial charge in [-0.1, -0.05) is 12.2 Å². The summed E-state index contributed by atoms with van der Waals surface area (Å²) in [4.78, 5) is 3.44. The molecule has 1 saturated heterocycles. The van der Waals surface area contributed by atoms with Gasteiger partial charge in [0.1, 0.15) is 5.92 Å². The maximum atomic E-state index is 12.7. The number of hydrogen-bond acceptors (Lipinski definition) is 3. The Morgan fingerprint density at radius 2 is 2.06 bits per heavy atom. The van der Waals surface area contributed by atoms with E-state index in [2.05, 4.69) is 17.1 Å². The van der Waals surface area contributed by atoms with Crippen LogP contribution in [0.3, 0.4) is 0 Å². The topological polar surface area (TPSA) is 32.5 Å². The van der Waals surface area contributed by atoms with Gasteiger partial charge in [0.05, 0.1) is 4.99 Å². The average molecular weight is 269 g/mol. The molecule has 7 heteroatoms. The molecule has 0 spiro atoms. The Morgan fingerprint density at radius 3 is 2.47 bits per heavy atom. The minimum Gasteiger partial charge on any atom is -0.393 e. The van der Waals surface area contributed by atoms with E-state index in [1.54, 1.807) is 4.90 Å². The predicted molar refractivity (Wildman–Crippen MR) is 64.9 cm³/mol. The first-order valence-corrected chi connectivity index (χ1v) is 5.91. The maximum Gasteiger partial charge on any atom is 0.399 e. The number of alkyl halides is 3. The molecular weight excluding hydrogens is 251 g/mol. The first-order valence-electron chi connectivity index (χ1n) is 5.50. The lowest BCUT2D eigenvalue weighted by atomic mass is 10.1. The number of likely N-dealkylation sites (N-methyl/N-ethyl adjacent to an activating group) is 1. The Bertz CT molecular complexity index is 282. The van der Waals surface area contributed by atoms with Crippen molar-refractivity contribution < 1.29 is 13.2 Å². The second-order valence-corrected chi connectivity index (χ2v) is 5.06. The van der Waals surface area contributed by atoms with E-state index < -0.39 is 17.1 Å². The number of hydrogen-bond donors (Lipinski definition) is 1. The molecule has 0 amide bonds. The van der Waals surface area contributed by atoms with Gasteiger partial charge in [-0.25, -0.2) is 0 Å². The summed E-state index contributed by atoms with van der Waals surface area (Å²) in [5.41, 5.74) is 5.18. The molecule has 0 bridgehead atoms. The highest BCUT2D eigenvalue weighted by atomic mass is 32.1. The summed E-state index contributed by atoms with van der Waals surface area (Å²) in [5, 5.41) is 0. The molecule has 0 aromatic heterocycles. The van der Waals surface area contributed by atoms with Crippen LogP contribution >= 0.6 is 12.2 Å². The summed E-state index contributed by atoms with van der Waals surface area (Å²) in [5.74, 6) is -1.70. The Balaban J connectivity index is 2.60. The molecule has 0 aromatic carbocycles. The van der Waals surface area contributed by atoms with E-state index in [4.69, 9.17) is 5.73 Å². The Morgan fingerprint density at radius 1 is 1.47 bits per heavy atom. The van der Waals surface area contributed by atoms with Crippen molar-refractivity contribution in [2.24, 2.45) is 11.7 Å². The van der Waals surface area contributed by atoms with Crippen LogP contribution in [0.1, 0.15) is 6.92 Å². The van der Waals surface area contributed by atoms with Gasteiger partial charge in [-0.15, -0.1) is 0 Å². The van der Waals surface area contributed by atoms with Gasteiger partial charge in [0.15, 0.2) is 0 Å². The minimum atomic E-state index is -4.35. The second kappa shape index (κ2) is 5.49. The van der Waals surface area contributed by atoms with Crippen LogP contribution in [0.5, 0.6) is 0 Å². The molecule has 1 rings (SSSR count). The monoisotopic (exact) mass is 269 g/mol. The molecule has 1 aliphatic rings. The van der Waals surface area contributed by atoms with E-state index in [9.17, 15) is 13.2 Å². The number of halogens is 3. The van der Waals surface area contributed by atoms with Crippen molar-refractivity contribution in [1.29, 1.82) is 0 Å². The molecule has 1 heterocycles. The SMILES string of the molecule is CC1CN(CC(C(N)=S)C(F)(F)F)CCN1C. The first-order chi connectivity index (χ1) is 7.71. The van der Waals surface area contributed by atoms with Crippen molar-refractivity contribution in [3.63, 3.8) is 0 Å². The van der Waals surface area contributed by atoms with E-state index in [1.165, 1.54) is 0 Å². The van der Waals surface area contributed by atoms with Crippen LogP contribution < -0.4 is 5.73 Å². The van der Waals surface area contributed by atoms with Crippen LogP contribution in [0.25, 0.3) is 0 Å². The molecule has 1 fully saturated rings. The fourth-order valence-electron chi connectivity index (χ4n) is 1.90. The lowest BCUT2D eigenvalue weighted by Crippen LogP contribution is -2.53. The summed E-state index contributed by atoms with van der Waals surface area (Å²) >= 11 is 4.51. The van der Waals surface area contributed by atoms with E-state index in [1.807, 2.05) is 14.0 Å². The van der Waals surface area contributed by atoms with E-state index in [-0.39, 0.29) is 12.6 Å². The highest BCUT2D eigenvalue weighted by Crippen LogP contribution is 2.27. The zero-order valence-electron chi connectivity index (χ0n) is 10.00. The number of thiocarbonyl (C=S) groups is 1. The lowest BCUT2D eigenvalue weighted by molar-refractivity contribution is -0.160. The molecule has 2 atom stereocenters. The Kier molecular flexibility index (Phi) is 4.74. The van der Waals surface area contributed by atoms with Crippen molar-refractivity contribution in [2.45, 2.75) is 19.1 Å². The summed E-state index contributed by atoms with van der Waals surface area (Å²) in [6.45, 7) is 3.87. The van der Waals surface area contributed by atoms with Crippen LogP contribution in [-0.2, 0) is 0 Å². The van der Waals surface area contributed by atoms with Crippen molar-refractivity contribution in [1.82, 2.24) is 9.80 Å². The van der Waals surface area contributed by atoms with Crippen molar-refractivity contribution in [3.8, 4) is 0 Å². The second-order valence-electron chi connectivity index (χ2n) is 4.59. The highest BCUT2D eigenvalue weighted by Gasteiger charge is 2.43. The molecule has 0 aromatic rings. The van der Waals surface area contributed by atoms with Gasteiger partial charge in [-0.3, -0.25) is 4.90 Å². The normalized spacial score (nSPS) is 25.8. The van der Waals surface area contributed by atoms with Gasteiger partial charge in [0.25, 0.3) is 0 Å². The molecule has 2 N–H and O–H groups in total. The standard InChI is InChI=1S/C10H18F3N3S/c1-7-5-16(4-3-15(7)2)6-8(9(14)17)10(11,12)13/h7-8H,3-6H2,1-2H3,(H2,14,17). The fourth-order valence-corrected chi connectivity index (χ4v) is 2.11. The van der Waals surface area contributed by atoms with Gasteiger partial charge < -0.3 is 10.6 Å². The summed E-state index contributed by atoms with van der Waals surface area (Å²) in [6.07, 6.45) is -4.35. The summed E-state index contributed by atoms with van der Waals surface area (Å²) in [7, 11) is 1.97. The fraction of sp³-hybridized carbons (Fsp3) is 0.900. The minimum absolute atomic E-state index is 0.128. The largest absolute Gasteiger partial charge is 0.399 e. The maximum absolute atomic E-state index is 12.7. The summed E-state index contributed by atoms with van der Waals surface area (Å²) in [6, 6.07) is 0.254. The predicted octanol–water partition coefficient (Wildman–Crippen LogP) is 1.09. The van der Waals surface area contributed by atoms with Gasteiger partial charge in [-0.05, 0) is 14.0 Å². The quantitative estimate of drug-likeness (QED) is 0.777. The molecule has 100 valence electrons. The summed E-state index contributed by atoms with van der Waals surface area (Å²) < 4.78 is 38.1. The van der Waals surface area contributed by atoms with Crippen LogP contribution in [-0.4, -0.2) is 60.2 Å². The van der Waals surface area contributed by atoms with Crippen molar-refractivity contribution in [2.75, 3.05) is 33.2 Å². The average Bonchev–Trinajstić information content (AvgIpc) is 2.17. The number of nitrogens with zero attached hydrogens (tertiary/aromatic N) is 2.